The minimum atomic E-state index is -1.09. The molecule has 1 aliphatic rings. The Balaban J connectivity index is 1.60. The van der Waals surface area contributed by atoms with Crippen LogP contribution in [0.4, 0.5) is 0 Å². The number of ether oxygens (including phenoxy) is 2. The summed E-state index contributed by atoms with van der Waals surface area (Å²) in [6.07, 6.45) is 7.09. The first kappa shape index (κ1) is 19.4. The number of fused-ring (bicyclic) bond motifs is 1. The predicted octanol–water partition coefficient (Wildman–Crippen LogP) is 4.91. The van der Waals surface area contributed by atoms with Gasteiger partial charge in [-0.3, -0.25) is 0 Å². The molecule has 7 heteroatoms. The maximum Gasteiger partial charge on any atom is 0.163 e. The van der Waals surface area contributed by atoms with E-state index >= 15 is 0 Å². The molecule has 1 unspecified atom stereocenters. The molecule has 0 spiro atoms. The molecular formula is C21H30N4O2Si. The van der Waals surface area contributed by atoms with E-state index in [1.54, 1.807) is 0 Å². The standard InChI is InChI=1S/C21H30N4O2Si/c1-28(2,3)15-14-26-16-24-12-11-22-21(24)20-17-8-4-5-9-18(17)25(23-20)19-10-6-7-13-27-19/h4-5,8-9,11-12,19H,6-7,10,13-16H2,1-3H3. The second-order valence-corrected chi connectivity index (χ2v) is 14.3. The number of rotatable bonds is 7. The molecule has 2 aromatic heterocycles. The third-order valence-electron chi connectivity index (χ3n) is 5.20. The molecule has 3 aromatic rings. The van der Waals surface area contributed by atoms with Crippen LogP contribution < -0.4 is 0 Å². The van der Waals surface area contributed by atoms with E-state index in [0.717, 1.165) is 54.5 Å². The molecule has 0 amide bonds. The molecule has 0 bridgehead atoms. The van der Waals surface area contributed by atoms with Gasteiger partial charge in [0.15, 0.2) is 12.1 Å². The molecule has 0 saturated carbocycles. The van der Waals surface area contributed by atoms with Gasteiger partial charge >= 0.3 is 0 Å². The predicted molar refractivity (Wildman–Crippen MR) is 114 cm³/mol. The highest BCUT2D eigenvalue weighted by Crippen LogP contribution is 2.32. The summed E-state index contributed by atoms with van der Waals surface area (Å²) < 4.78 is 16.0. The van der Waals surface area contributed by atoms with Gasteiger partial charge in [-0.05, 0) is 31.4 Å². The third kappa shape index (κ3) is 4.21. The van der Waals surface area contributed by atoms with Crippen molar-refractivity contribution >= 4 is 19.0 Å². The highest BCUT2D eigenvalue weighted by Gasteiger charge is 2.23. The Morgan fingerprint density at radius 2 is 2.07 bits per heavy atom. The first-order chi connectivity index (χ1) is 13.5. The second-order valence-electron chi connectivity index (χ2n) is 8.70. The zero-order valence-electron chi connectivity index (χ0n) is 17.1. The summed E-state index contributed by atoms with van der Waals surface area (Å²) in [7, 11) is -1.09. The number of nitrogens with zero attached hydrogens (tertiary/aromatic N) is 4. The zero-order chi connectivity index (χ0) is 19.6. The van der Waals surface area contributed by atoms with Crippen LogP contribution in [0.3, 0.4) is 0 Å². The van der Waals surface area contributed by atoms with Gasteiger partial charge < -0.3 is 14.0 Å². The Morgan fingerprint density at radius 1 is 1.21 bits per heavy atom. The van der Waals surface area contributed by atoms with Crippen LogP contribution in [0, 0.1) is 0 Å². The minimum Gasteiger partial charge on any atom is -0.361 e. The van der Waals surface area contributed by atoms with Crippen LogP contribution in [-0.2, 0) is 16.2 Å². The van der Waals surface area contributed by atoms with Crippen LogP contribution in [0.25, 0.3) is 22.4 Å². The molecule has 1 aliphatic heterocycles. The van der Waals surface area contributed by atoms with E-state index in [9.17, 15) is 0 Å². The van der Waals surface area contributed by atoms with Crippen molar-refractivity contribution in [1.29, 1.82) is 0 Å². The van der Waals surface area contributed by atoms with Crippen LogP contribution in [0.5, 0.6) is 0 Å². The van der Waals surface area contributed by atoms with E-state index in [4.69, 9.17) is 14.6 Å². The normalized spacial score (nSPS) is 18.0. The molecule has 0 aliphatic carbocycles. The van der Waals surface area contributed by atoms with E-state index in [2.05, 4.69) is 48.9 Å². The van der Waals surface area contributed by atoms with Crippen molar-refractivity contribution < 1.29 is 9.47 Å². The van der Waals surface area contributed by atoms with Gasteiger partial charge in [0.25, 0.3) is 0 Å². The molecule has 28 heavy (non-hydrogen) atoms. The largest absolute Gasteiger partial charge is 0.361 e. The van der Waals surface area contributed by atoms with Crippen LogP contribution >= 0.6 is 0 Å². The van der Waals surface area contributed by atoms with Crippen LogP contribution in [0.1, 0.15) is 25.5 Å². The smallest absolute Gasteiger partial charge is 0.163 e. The summed E-state index contributed by atoms with van der Waals surface area (Å²) in [4.78, 5) is 4.60. The monoisotopic (exact) mass is 398 g/mol. The van der Waals surface area contributed by atoms with Crippen molar-refractivity contribution in [2.75, 3.05) is 13.2 Å². The summed E-state index contributed by atoms with van der Waals surface area (Å²) in [5, 5.41) is 6.05. The van der Waals surface area contributed by atoms with Crippen molar-refractivity contribution in [2.24, 2.45) is 0 Å². The fraction of sp³-hybridized carbons (Fsp3) is 0.524. The summed E-state index contributed by atoms with van der Waals surface area (Å²) in [5.74, 6) is 0.846. The number of hydrogen-bond donors (Lipinski definition) is 0. The summed E-state index contributed by atoms with van der Waals surface area (Å²) in [5.41, 5.74) is 1.99. The first-order valence-electron chi connectivity index (χ1n) is 10.2. The van der Waals surface area contributed by atoms with Gasteiger partial charge in [0.1, 0.15) is 12.4 Å². The van der Waals surface area contributed by atoms with Crippen molar-refractivity contribution in [2.45, 2.75) is 57.9 Å². The van der Waals surface area contributed by atoms with Crippen LogP contribution in [0.2, 0.25) is 25.7 Å². The quantitative estimate of drug-likeness (QED) is 0.419. The van der Waals surface area contributed by atoms with Gasteiger partial charge in [-0.25, -0.2) is 9.67 Å². The molecule has 0 radical (unpaired) electrons. The molecule has 150 valence electrons. The average molecular weight is 399 g/mol. The lowest BCUT2D eigenvalue weighted by Gasteiger charge is -2.23. The van der Waals surface area contributed by atoms with E-state index < -0.39 is 8.07 Å². The van der Waals surface area contributed by atoms with Gasteiger partial charge in [-0.15, -0.1) is 0 Å². The van der Waals surface area contributed by atoms with Gasteiger partial charge in [0, 0.05) is 39.1 Å². The highest BCUT2D eigenvalue weighted by atomic mass is 28.3. The number of aromatic nitrogens is 4. The van der Waals surface area contributed by atoms with Gasteiger partial charge in [-0.1, -0.05) is 37.8 Å². The van der Waals surface area contributed by atoms with E-state index in [-0.39, 0.29) is 6.23 Å². The lowest BCUT2D eigenvalue weighted by Crippen LogP contribution is -2.22. The Morgan fingerprint density at radius 3 is 2.86 bits per heavy atom. The number of imidazole rings is 1. The Kier molecular flexibility index (Phi) is 5.66. The SMILES string of the molecule is C[Si](C)(C)CCOCn1ccnc1-c1nn(C2CCCCO2)c2ccccc12. The van der Waals surface area contributed by atoms with E-state index in [1.165, 1.54) is 6.42 Å². The maximum absolute atomic E-state index is 6.00. The second kappa shape index (κ2) is 8.19. The first-order valence-corrected chi connectivity index (χ1v) is 13.9. The molecule has 1 aromatic carbocycles. The third-order valence-corrected chi connectivity index (χ3v) is 6.90. The van der Waals surface area contributed by atoms with E-state index in [0.29, 0.717) is 6.73 Å². The van der Waals surface area contributed by atoms with Crippen molar-refractivity contribution in [3.05, 3.63) is 36.7 Å². The Hall–Kier alpha value is -1.96. The van der Waals surface area contributed by atoms with Gasteiger partial charge in [0.2, 0.25) is 0 Å². The lowest BCUT2D eigenvalue weighted by molar-refractivity contribution is -0.0365. The highest BCUT2D eigenvalue weighted by molar-refractivity contribution is 6.76. The molecule has 1 saturated heterocycles. The molecule has 3 heterocycles. The van der Waals surface area contributed by atoms with Crippen molar-refractivity contribution in [3.8, 4) is 11.5 Å². The Bertz CT molecular complexity index is 922. The number of para-hydroxylation sites is 1. The molecule has 6 nitrogen and oxygen atoms in total. The Labute approximate surface area is 167 Å². The minimum absolute atomic E-state index is 0.00352. The van der Waals surface area contributed by atoms with Crippen molar-refractivity contribution in [3.63, 3.8) is 0 Å². The topological polar surface area (TPSA) is 54.1 Å². The van der Waals surface area contributed by atoms with E-state index in [1.807, 2.05) is 21.6 Å². The van der Waals surface area contributed by atoms with Crippen molar-refractivity contribution in [1.82, 2.24) is 19.3 Å². The zero-order valence-corrected chi connectivity index (χ0v) is 18.1. The van der Waals surface area contributed by atoms with Gasteiger partial charge in [-0.2, -0.15) is 5.10 Å². The maximum atomic E-state index is 6.00. The summed E-state index contributed by atoms with van der Waals surface area (Å²) >= 11 is 0. The lowest BCUT2D eigenvalue weighted by atomic mass is 10.1. The molecule has 1 fully saturated rings. The fourth-order valence-corrected chi connectivity index (χ4v) is 4.32. The molecule has 4 rings (SSSR count). The number of hydrogen-bond acceptors (Lipinski definition) is 4. The van der Waals surface area contributed by atoms with Crippen LogP contribution in [-0.4, -0.2) is 40.6 Å². The molecule has 0 N–H and O–H groups in total. The number of benzene rings is 1. The fourth-order valence-electron chi connectivity index (χ4n) is 3.56. The average Bonchev–Trinajstić information content (AvgIpc) is 3.29. The molecule has 1 atom stereocenters. The summed E-state index contributed by atoms with van der Waals surface area (Å²) in [6, 6.07) is 9.49. The van der Waals surface area contributed by atoms with Crippen LogP contribution in [0.15, 0.2) is 36.7 Å². The molecular weight excluding hydrogens is 368 g/mol. The van der Waals surface area contributed by atoms with Gasteiger partial charge in [0.05, 0.1) is 5.52 Å². The summed E-state index contributed by atoms with van der Waals surface area (Å²) in [6.45, 7) is 9.19.